The maximum atomic E-state index is 13.6. The molecule has 1 N–H and O–H groups in total. The van der Waals surface area contributed by atoms with Gasteiger partial charge in [0.25, 0.3) is 0 Å². The fourth-order valence-electron chi connectivity index (χ4n) is 9.81. The van der Waals surface area contributed by atoms with E-state index in [-0.39, 0.29) is 11.3 Å². The number of nitrogens with zero attached hydrogens (tertiary/aromatic N) is 2. The molecule has 1 heterocycles. The summed E-state index contributed by atoms with van der Waals surface area (Å²) >= 11 is 0. The molecule has 0 radical (unpaired) electrons. The van der Waals surface area contributed by atoms with E-state index in [9.17, 15) is 9.90 Å². The second-order valence-corrected chi connectivity index (χ2v) is 13.2. The zero-order valence-electron chi connectivity index (χ0n) is 21.2. The van der Waals surface area contributed by atoms with Crippen LogP contribution < -0.4 is 0 Å². The number of rotatable bonds is 4. The Morgan fingerprint density at radius 2 is 1.69 bits per heavy atom. The minimum Gasteiger partial charge on any atom is -0.390 e. The average Bonchev–Trinajstić information content (AvgIpc) is 3.12. The van der Waals surface area contributed by atoms with Gasteiger partial charge in [-0.2, -0.15) is 0 Å². The summed E-state index contributed by atoms with van der Waals surface area (Å²) in [5, 5.41) is 10.8. The van der Waals surface area contributed by atoms with Crippen LogP contribution in [0.3, 0.4) is 0 Å². The van der Waals surface area contributed by atoms with E-state index in [0.29, 0.717) is 23.7 Å². The van der Waals surface area contributed by atoms with Gasteiger partial charge < -0.3 is 10.0 Å². The van der Waals surface area contributed by atoms with Crippen LogP contribution in [-0.2, 0) is 4.79 Å². The van der Waals surface area contributed by atoms with Crippen LogP contribution in [0.2, 0.25) is 0 Å². The first-order valence-corrected chi connectivity index (χ1v) is 13.8. The lowest BCUT2D eigenvalue weighted by Crippen LogP contribution is -2.57. The Bertz CT molecular complexity index is 714. The van der Waals surface area contributed by atoms with E-state index >= 15 is 0 Å². The third-order valence-electron chi connectivity index (χ3n) is 11.7. The Labute approximate surface area is 196 Å². The highest BCUT2D eigenvalue weighted by Crippen LogP contribution is 2.69. The molecule has 5 rings (SSSR count). The lowest BCUT2D eigenvalue weighted by molar-refractivity contribution is -0.158. The summed E-state index contributed by atoms with van der Waals surface area (Å²) in [7, 11) is 2.19. The van der Waals surface area contributed by atoms with Crippen LogP contribution in [0.15, 0.2) is 0 Å². The summed E-state index contributed by atoms with van der Waals surface area (Å²) < 4.78 is 0. The van der Waals surface area contributed by atoms with Crippen LogP contribution >= 0.6 is 0 Å². The summed E-state index contributed by atoms with van der Waals surface area (Å²) in [5.41, 5.74) is 0.231. The van der Waals surface area contributed by atoms with E-state index in [2.05, 4.69) is 37.6 Å². The summed E-state index contributed by atoms with van der Waals surface area (Å²) in [6.07, 6.45) is 12.1. The Balaban J connectivity index is 1.31. The zero-order valence-corrected chi connectivity index (χ0v) is 21.2. The van der Waals surface area contributed by atoms with Crippen molar-refractivity contribution in [3.8, 4) is 0 Å². The Morgan fingerprint density at radius 3 is 2.41 bits per heavy atom. The minimum absolute atomic E-state index is 0.229. The first kappa shape index (κ1) is 23.3. The van der Waals surface area contributed by atoms with Gasteiger partial charge >= 0.3 is 0 Å². The van der Waals surface area contributed by atoms with Gasteiger partial charge in [0, 0.05) is 32.1 Å². The van der Waals surface area contributed by atoms with E-state index in [1.165, 1.54) is 44.9 Å². The predicted octanol–water partition coefficient (Wildman–Crippen LogP) is 4.60. The maximum Gasteiger partial charge on any atom is 0.150 e. The average molecular weight is 445 g/mol. The first-order valence-electron chi connectivity index (χ1n) is 13.8. The number of hydrogen-bond acceptors (Lipinski definition) is 4. The van der Waals surface area contributed by atoms with Crippen LogP contribution in [0.1, 0.15) is 85.0 Å². The quantitative estimate of drug-likeness (QED) is 0.688. The van der Waals surface area contributed by atoms with E-state index in [1.54, 1.807) is 0 Å². The van der Waals surface area contributed by atoms with Gasteiger partial charge in [-0.3, -0.25) is 9.69 Å². The summed E-state index contributed by atoms with van der Waals surface area (Å²) in [6, 6.07) is 0. The first-order chi connectivity index (χ1) is 15.2. The normalized spacial score (nSPS) is 49.8. The Hall–Kier alpha value is -0.450. The van der Waals surface area contributed by atoms with Gasteiger partial charge in [0.1, 0.15) is 5.78 Å². The number of likely N-dealkylation sites (N-methyl/N-ethyl adjacent to an activating group) is 1. The van der Waals surface area contributed by atoms with E-state index in [0.717, 1.165) is 63.2 Å². The van der Waals surface area contributed by atoms with Crippen molar-refractivity contribution in [2.45, 2.75) is 90.6 Å². The number of Topliss-reactive ketones (excluding diaryl/α,β-unsaturated/α-hetero) is 1. The molecular weight excluding hydrogens is 396 g/mol. The predicted molar refractivity (Wildman–Crippen MR) is 129 cm³/mol. The van der Waals surface area contributed by atoms with Crippen molar-refractivity contribution in [2.24, 2.45) is 40.4 Å². The van der Waals surface area contributed by atoms with E-state index in [4.69, 9.17) is 0 Å². The molecule has 4 nitrogen and oxygen atoms in total. The number of carbonyl (C=O) groups excluding carboxylic acids is 1. The smallest absolute Gasteiger partial charge is 0.150 e. The third kappa shape index (κ3) is 3.71. The number of piperazine rings is 1. The van der Waals surface area contributed by atoms with Crippen molar-refractivity contribution >= 4 is 5.78 Å². The van der Waals surface area contributed by atoms with Gasteiger partial charge in [0.05, 0.1) is 12.1 Å². The van der Waals surface area contributed by atoms with Gasteiger partial charge in [-0.1, -0.05) is 13.8 Å². The van der Waals surface area contributed by atoms with Crippen LogP contribution in [0.25, 0.3) is 0 Å². The highest BCUT2D eigenvalue weighted by molar-refractivity contribution is 5.84. The number of ketones is 1. The van der Waals surface area contributed by atoms with Crippen molar-refractivity contribution in [2.75, 3.05) is 39.8 Å². The second kappa shape index (κ2) is 8.34. The lowest BCUT2D eigenvalue weighted by Gasteiger charge is -2.63. The highest BCUT2D eigenvalue weighted by atomic mass is 16.3. The minimum atomic E-state index is -0.451. The standard InChI is InChI=1S/C28H48N2O2/c1-5-28-13-12-26(2,32)18-20(28)6-7-21-22-8-9-24(27(22,3)11-10-23(21)28)25(31)19-30-16-14-29(4)15-17-30/h20-24,32H,5-19H2,1-4H3/t20-,21-,22-,23-,24+,26+,27-,28-/m0/s1. The second-order valence-electron chi connectivity index (χ2n) is 13.2. The largest absolute Gasteiger partial charge is 0.390 e. The number of carbonyl (C=O) groups is 1. The molecule has 0 aromatic carbocycles. The molecule has 0 bridgehead atoms. The Morgan fingerprint density at radius 1 is 0.938 bits per heavy atom. The maximum absolute atomic E-state index is 13.6. The van der Waals surface area contributed by atoms with Crippen molar-refractivity contribution in [1.29, 1.82) is 0 Å². The summed E-state index contributed by atoms with van der Waals surface area (Å²) in [5.74, 6) is 3.93. The molecule has 4 aliphatic carbocycles. The molecule has 4 saturated carbocycles. The monoisotopic (exact) mass is 444 g/mol. The fraction of sp³-hybridized carbons (Fsp3) is 0.964. The van der Waals surface area contributed by atoms with Gasteiger partial charge in [0.2, 0.25) is 0 Å². The van der Waals surface area contributed by atoms with Crippen LogP contribution in [0.5, 0.6) is 0 Å². The molecule has 5 aliphatic rings. The third-order valence-corrected chi connectivity index (χ3v) is 11.7. The number of aliphatic hydroxyl groups is 1. The molecule has 0 aromatic heterocycles. The number of hydrogen-bond donors (Lipinski definition) is 1. The molecule has 32 heavy (non-hydrogen) atoms. The molecule has 182 valence electrons. The molecule has 1 saturated heterocycles. The van der Waals surface area contributed by atoms with Crippen LogP contribution in [-0.4, -0.2) is 66.1 Å². The van der Waals surface area contributed by atoms with Gasteiger partial charge in [-0.25, -0.2) is 0 Å². The van der Waals surface area contributed by atoms with Crippen molar-refractivity contribution in [3.05, 3.63) is 0 Å². The molecule has 0 amide bonds. The van der Waals surface area contributed by atoms with Gasteiger partial charge in [0.15, 0.2) is 0 Å². The van der Waals surface area contributed by atoms with Crippen molar-refractivity contribution in [1.82, 2.24) is 9.80 Å². The van der Waals surface area contributed by atoms with Crippen molar-refractivity contribution in [3.63, 3.8) is 0 Å². The molecule has 5 fully saturated rings. The lowest BCUT2D eigenvalue weighted by atomic mass is 9.42. The summed E-state index contributed by atoms with van der Waals surface area (Å²) in [6.45, 7) is 12.0. The van der Waals surface area contributed by atoms with Crippen LogP contribution in [0.4, 0.5) is 0 Å². The Kier molecular flexibility index (Phi) is 6.07. The fourth-order valence-corrected chi connectivity index (χ4v) is 9.81. The molecular formula is C28H48N2O2. The number of fused-ring (bicyclic) bond motifs is 5. The highest BCUT2D eigenvalue weighted by Gasteiger charge is 2.62. The van der Waals surface area contributed by atoms with E-state index in [1.807, 2.05) is 0 Å². The zero-order chi connectivity index (χ0) is 22.7. The van der Waals surface area contributed by atoms with Crippen LogP contribution in [0, 0.1) is 40.4 Å². The molecule has 0 spiro atoms. The SMILES string of the molecule is CC[C@]12CC[C@@](C)(O)C[C@@H]1CC[C@H]1[C@@H]3CC[C@H](C(=O)CN4CCN(C)CC4)[C@@]3(C)CC[C@@H]12. The molecule has 4 heteroatoms. The van der Waals surface area contributed by atoms with Gasteiger partial charge in [-0.15, -0.1) is 0 Å². The topological polar surface area (TPSA) is 43.8 Å². The van der Waals surface area contributed by atoms with Crippen molar-refractivity contribution < 1.29 is 9.90 Å². The molecule has 8 atom stereocenters. The van der Waals surface area contributed by atoms with Gasteiger partial charge in [-0.05, 0) is 113 Å². The molecule has 1 aliphatic heterocycles. The molecule has 0 aromatic rings. The van der Waals surface area contributed by atoms with E-state index < -0.39 is 5.60 Å². The summed E-state index contributed by atoms with van der Waals surface area (Å²) in [4.78, 5) is 18.3. The molecule has 0 unspecified atom stereocenters.